The van der Waals surface area contributed by atoms with Crippen LogP contribution in [0, 0.1) is 22.9 Å². The predicted molar refractivity (Wildman–Crippen MR) is 190 cm³/mol. The Labute approximate surface area is 257 Å². The zero-order chi connectivity index (χ0) is 30.5. The lowest BCUT2D eigenvalue weighted by atomic mass is 9.92. The minimum atomic E-state index is -1.88. The third-order valence-electron chi connectivity index (χ3n) is 9.66. The Bertz CT molecular complexity index is 1210. The van der Waals surface area contributed by atoms with E-state index in [0.717, 1.165) is 0 Å². The lowest BCUT2D eigenvalue weighted by Crippen LogP contribution is -2.43. The molecule has 3 rings (SSSR count). The van der Waals surface area contributed by atoms with Crippen molar-refractivity contribution in [2.24, 2.45) is 0 Å². The van der Waals surface area contributed by atoms with Crippen LogP contribution in [-0.2, 0) is 0 Å². The molecule has 1 heterocycles. The Morgan fingerprint density at radius 2 is 0.707 bits per heavy atom. The monoisotopic (exact) mass is 592 g/mol. The summed E-state index contributed by atoms with van der Waals surface area (Å²) in [6.45, 7) is 28.9. The van der Waals surface area contributed by atoms with E-state index in [1.54, 1.807) is 0 Å². The van der Waals surface area contributed by atoms with Gasteiger partial charge < -0.3 is 0 Å². The molecule has 216 valence electrons. The Morgan fingerprint density at radius 1 is 0.439 bits per heavy atom. The summed E-state index contributed by atoms with van der Waals surface area (Å²) in [5.41, 5.74) is 16.9. The molecule has 1 aliphatic heterocycles. The van der Waals surface area contributed by atoms with Gasteiger partial charge in [-0.2, -0.15) is 0 Å². The maximum atomic E-state index is 4.06. The normalized spacial score (nSPS) is 14.5. The smallest absolute Gasteiger partial charge is 0.126 e. The van der Waals surface area contributed by atoms with Gasteiger partial charge in [0, 0.05) is 0 Å². The minimum absolute atomic E-state index is 0.492. The van der Waals surface area contributed by atoms with Gasteiger partial charge in [-0.15, -0.1) is 11.1 Å². The highest BCUT2D eigenvalue weighted by Gasteiger charge is 2.43. The molecule has 0 bridgehead atoms. The van der Waals surface area contributed by atoms with Gasteiger partial charge in [0.2, 0.25) is 0 Å². The van der Waals surface area contributed by atoms with Crippen molar-refractivity contribution < 1.29 is 0 Å². The summed E-state index contributed by atoms with van der Waals surface area (Å²) in [5.74, 6) is 7.83. The summed E-state index contributed by atoms with van der Waals surface area (Å²) >= 11 is 0. The second-order valence-electron chi connectivity index (χ2n) is 13.7. The van der Waals surface area contributed by atoms with E-state index in [-0.39, 0.29) is 0 Å². The molecule has 0 spiro atoms. The van der Waals surface area contributed by atoms with Gasteiger partial charge in [0.1, 0.15) is 25.7 Å². The summed E-state index contributed by atoms with van der Waals surface area (Å²) in [4.78, 5) is 0. The summed E-state index contributed by atoms with van der Waals surface area (Å²) in [5, 5.41) is 2.56. The highest BCUT2D eigenvalue weighted by molar-refractivity contribution is 6.91. The molecule has 0 unspecified atom stereocenters. The standard InChI is InChI=1S/C38H52Si3/c1-27(2)40(28(3)4,29(5)6)25-23-35-37(33-19-15-13-16-20-33)38(34-21-17-14-18-22-34)36(39-35)24-26-41(30(7)8,31(9)10)32(11)12/h13-22,27-32H,1-12H3. The van der Waals surface area contributed by atoms with Gasteiger partial charge in [-0.1, -0.05) is 156 Å². The number of hydrogen-bond donors (Lipinski definition) is 0. The molecule has 0 N–H and O–H groups in total. The van der Waals surface area contributed by atoms with Gasteiger partial charge in [0.05, 0.1) is 0 Å². The summed E-state index contributed by atoms with van der Waals surface area (Å²) < 4.78 is 0. The zero-order valence-electron chi connectivity index (χ0n) is 27.7. The molecule has 2 radical (unpaired) electrons. The van der Waals surface area contributed by atoms with E-state index in [2.05, 4.69) is 167 Å². The summed E-state index contributed by atoms with van der Waals surface area (Å²) in [7, 11) is -3.27. The fourth-order valence-corrected chi connectivity index (χ4v) is 19.6. The van der Waals surface area contributed by atoms with Gasteiger partial charge in [-0.3, -0.25) is 0 Å². The van der Waals surface area contributed by atoms with E-state index >= 15 is 0 Å². The van der Waals surface area contributed by atoms with Crippen LogP contribution in [0.4, 0.5) is 0 Å². The Hall–Kier alpha value is -2.31. The second-order valence-corrected chi connectivity index (χ2v) is 26.1. The minimum Gasteiger partial charge on any atom is -0.126 e. The van der Waals surface area contributed by atoms with Crippen molar-refractivity contribution in [2.45, 2.75) is 116 Å². The average Bonchev–Trinajstić information content (AvgIpc) is 3.27. The van der Waals surface area contributed by atoms with Gasteiger partial charge in [-0.25, -0.2) is 0 Å². The summed E-state index contributed by atoms with van der Waals surface area (Å²) in [6, 6.07) is 21.9. The third kappa shape index (κ3) is 6.54. The maximum Gasteiger partial charge on any atom is 0.147 e. The van der Waals surface area contributed by atoms with E-state index in [1.807, 2.05) is 0 Å². The number of benzene rings is 2. The second kappa shape index (κ2) is 13.8. The molecule has 0 saturated carbocycles. The van der Waals surface area contributed by atoms with Crippen molar-refractivity contribution in [1.82, 2.24) is 0 Å². The number of allylic oxidation sites excluding steroid dienone is 4. The van der Waals surface area contributed by atoms with E-state index < -0.39 is 16.1 Å². The SMILES string of the molecule is CC(C)[Si](C#CC1=C(c2ccccc2)C(c2ccccc2)=C(C#C[Si](C(C)C)(C(C)C)C(C)C)[Si]1)(C(C)C)C(C)C. The lowest BCUT2D eigenvalue weighted by Gasteiger charge is -2.38. The van der Waals surface area contributed by atoms with E-state index in [1.165, 1.54) is 32.7 Å². The topological polar surface area (TPSA) is 0 Å². The van der Waals surface area contributed by atoms with E-state index in [4.69, 9.17) is 0 Å². The van der Waals surface area contributed by atoms with Gasteiger partial charge in [0.25, 0.3) is 0 Å². The quantitative estimate of drug-likeness (QED) is 0.211. The first kappa shape index (κ1) is 33.2. The molecule has 41 heavy (non-hydrogen) atoms. The van der Waals surface area contributed by atoms with Gasteiger partial charge >= 0.3 is 0 Å². The average molecular weight is 593 g/mol. The molecule has 3 heteroatoms. The van der Waals surface area contributed by atoms with Crippen molar-refractivity contribution in [3.8, 4) is 22.9 Å². The molecule has 0 aliphatic carbocycles. The molecule has 0 amide bonds. The van der Waals surface area contributed by atoms with Crippen LogP contribution in [-0.4, -0.2) is 25.7 Å². The van der Waals surface area contributed by atoms with Crippen LogP contribution in [0.5, 0.6) is 0 Å². The fraction of sp³-hybridized carbons (Fsp3) is 0.474. The van der Waals surface area contributed by atoms with E-state index in [9.17, 15) is 0 Å². The van der Waals surface area contributed by atoms with Crippen molar-refractivity contribution in [1.29, 1.82) is 0 Å². The van der Waals surface area contributed by atoms with Gasteiger partial charge in [-0.05, 0) is 65.9 Å². The van der Waals surface area contributed by atoms with Crippen LogP contribution in [0.15, 0.2) is 71.1 Å². The lowest BCUT2D eigenvalue weighted by molar-refractivity contribution is 0.838. The van der Waals surface area contributed by atoms with E-state index in [0.29, 0.717) is 42.8 Å². The van der Waals surface area contributed by atoms with Crippen molar-refractivity contribution in [2.75, 3.05) is 0 Å². The van der Waals surface area contributed by atoms with Crippen LogP contribution in [0.1, 0.15) is 94.2 Å². The molecule has 0 aromatic heterocycles. The molecule has 0 nitrogen and oxygen atoms in total. The van der Waals surface area contributed by atoms with Crippen molar-refractivity contribution in [3.63, 3.8) is 0 Å². The first-order valence-electron chi connectivity index (χ1n) is 15.7. The molecule has 1 aliphatic rings. The molecule has 0 fully saturated rings. The van der Waals surface area contributed by atoms with Crippen LogP contribution in [0.2, 0.25) is 33.2 Å². The molecule has 2 aromatic carbocycles. The molecule has 0 saturated heterocycles. The zero-order valence-corrected chi connectivity index (χ0v) is 30.7. The number of hydrogen-bond acceptors (Lipinski definition) is 0. The van der Waals surface area contributed by atoms with Crippen molar-refractivity contribution in [3.05, 3.63) is 82.2 Å². The van der Waals surface area contributed by atoms with Crippen LogP contribution in [0.3, 0.4) is 0 Å². The fourth-order valence-electron chi connectivity index (χ4n) is 7.68. The Kier molecular flexibility index (Phi) is 11.2. The first-order valence-corrected chi connectivity index (χ1v) is 21.2. The molecule has 0 atom stereocenters. The predicted octanol–water partition coefficient (Wildman–Crippen LogP) is 11.0. The van der Waals surface area contributed by atoms with Gasteiger partial charge in [0.15, 0.2) is 0 Å². The largest absolute Gasteiger partial charge is 0.147 e. The van der Waals surface area contributed by atoms with Crippen LogP contribution < -0.4 is 0 Å². The molecular formula is C38H52Si3. The highest BCUT2D eigenvalue weighted by atomic mass is 28.3. The van der Waals surface area contributed by atoms with Crippen LogP contribution in [0.25, 0.3) is 11.1 Å². The number of rotatable bonds is 8. The molecular weight excluding hydrogens is 541 g/mol. The first-order chi connectivity index (χ1) is 19.3. The summed E-state index contributed by atoms with van der Waals surface area (Å²) in [6.07, 6.45) is 0. The van der Waals surface area contributed by atoms with Crippen LogP contribution >= 0.6 is 0 Å². The Morgan fingerprint density at radius 3 is 0.951 bits per heavy atom. The van der Waals surface area contributed by atoms with Crippen molar-refractivity contribution >= 4 is 36.8 Å². The highest BCUT2D eigenvalue weighted by Crippen LogP contribution is 2.44. The third-order valence-corrected chi connectivity index (χ3v) is 23.5. The Balaban J connectivity index is 2.38. The molecule has 2 aromatic rings. The maximum absolute atomic E-state index is 4.06.